The zero-order valence-corrected chi connectivity index (χ0v) is 31.1. The van der Waals surface area contributed by atoms with Gasteiger partial charge in [0.05, 0.1) is 16.2 Å². The van der Waals surface area contributed by atoms with Gasteiger partial charge in [-0.15, -0.1) is 0 Å². The van der Waals surface area contributed by atoms with Crippen molar-refractivity contribution in [3.63, 3.8) is 0 Å². The van der Waals surface area contributed by atoms with Crippen LogP contribution < -0.4 is 0 Å². The first-order chi connectivity index (χ1) is 29.0. The Hall–Kier alpha value is -8.50. The maximum absolute atomic E-state index is 11.5. The van der Waals surface area contributed by atoms with Crippen LogP contribution in [-0.4, -0.2) is 46.0 Å². The Bertz CT molecular complexity index is 3660. The van der Waals surface area contributed by atoms with Gasteiger partial charge in [0.15, 0.2) is 39.9 Å². The molecule has 0 aliphatic heterocycles. The van der Waals surface area contributed by atoms with Gasteiger partial charge in [0.2, 0.25) is 23.0 Å². The fourth-order valence-electron chi connectivity index (χ4n) is 9.02. The molecule has 11 aromatic rings. The van der Waals surface area contributed by atoms with Gasteiger partial charge in [-0.25, -0.2) is 0 Å². The molecule has 0 amide bonds. The van der Waals surface area contributed by atoms with E-state index in [1.165, 1.54) is 0 Å². The summed E-state index contributed by atoms with van der Waals surface area (Å²) in [7, 11) is 0. The van der Waals surface area contributed by atoms with Gasteiger partial charge in [0.25, 0.3) is 0 Å². The van der Waals surface area contributed by atoms with Gasteiger partial charge in [-0.3, -0.25) is 0 Å². The van der Waals surface area contributed by atoms with Gasteiger partial charge < -0.3 is 50.4 Å². The number of rotatable bonds is 3. The summed E-state index contributed by atoms with van der Waals surface area (Å²) in [6.07, 6.45) is 0. The normalized spacial score (nSPS) is 11.9. The molecule has 10 aromatic carbocycles. The maximum atomic E-state index is 11.5. The predicted molar refractivity (Wildman–Crippen MR) is 233 cm³/mol. The lowest BCUT2D eigenvalue weighted by atomic mass is 9.85. The van der Waals surface area contributed by atoms with Crippen molar-refractivity contribution in [2.45, 2.75) is 0 Å². The van der Waals surface area contributed by atoms with Crippen molar-refractivity contribution in [2.75, 3.05) is 0 Å². The molecule has 0 saturated heterocycles. The first kappa shape index (κ1) is 34.7. The van der Waals surface area contributed by atoms with E-state index in [0.717, 1.165) is 65.3 Å². The summed E-state index contributed by atoms with van der Waals surface area (Å²) in [6.45, 7) is 0. The first-order valence-corrected chi connectivity index (χ1v) is 18.9. The molecule has 1 aromatic heterocycles. The number of furan rings is 1. The van der Waals surface area contributed by atoms with Gasteiger partial charge in [-0.1, -0.05) is 109 Å². The van der Waals surface area contributed by atoms with Crippen molar-refractivity contribution >= 4 is 75.8 Å². The standard InChI is InChI=1S/C50H30O10/c51-40-35(36-38-43(54)41(52)37-39(44(55)46(57)45(56)42(37)53)49(38)60-50(36)48(59)47(40)58)27-18-15-23-14-17-26(20-28(23)21-27)34-31-11-5-3-9-29(31)33(30-10-4-6-12-32(30)34)25-16-13-22-7-1-2-8-24(22)19-25/h1-21,51-59H. The van der Waals surface area contributed by atoms with E-state index in [4.69, 9.17) is 4.42 Å². The zero-order chi connectivity index (χ0) is 41.3. The number of fused-ring (bicyclic) bond motifs is 9. The Balaban J connectivity index is 1.17. The summed E-state index contributed by atoms with van der Waals surface area (Å²) in [5.41, 5.74) is 3.42. The SMILES string of the molecule is Oc1c(O)c(-c2ccc3ccc(-c4c5ccccc5c(-c5ccc6ccccc6c5)c5ccccc45)cc3c2)c2c(oc3c4c(O)c(O)c(O)c(O)c4c(O)c(O)c32)c1O. The first-order valence-electron chi connectivity index (χ1n) is 18.9. The molecule has 0 radical (unpaired) electrons. The van der Waals surface area contributed by atoms with Crippen LogP contribution in [0.1, 0.15) is 0 Å². The largest absolute Gasteiger partial charge is 0.504 e. The lowest BCUT2D eigenvalue weighted by Crippen LogP contribution is -1.91. The Morgan fingerprint density at radius 3 is 1.20 bits per heavy atom. The minimum absolute atomic E-state index is 0.109. The molecule has 0 aliphatic rings. The summed E-state index contributed by atoms with van der Waals surface area (Å²) in [6, 6.07) is 42.7. The van der Waals surface area contributed by atoms with Crippen LogP contribution in [0.25, 0.3) is 109 Å². The third kappa shape index (κ3) is 4.58. The molecule has 1 heterocycles. The molecule has 0 spiro atoms. The van der Waals surface area contributed by atoms with Gasteiger partial charge >= 0.3 is 0 Å². The molecule has 0 aliphatic carbocycles. The van der Waals surface area contributed by atoms with Crippen molar-refractivity contribution in [1.29, 1.82) is 0 Å². The van der Waals surface area contributed by atoms with E-state index >= 15 is 0 Å². The molecule has 0 saturated carbocycles. The van der Waals surface area contributed by atoms with E-state index in [1.807, 2.05) is 54.6 Å². The minimum Gasteiger partial charge on any atom is -0.504 e. The van der Waals surface area contributed by atoms with Crippen molar-refractivity contribution < 1.29 is 50.4 Å². The fourth-order valence-corrected chi connectivity index (χ4v) is 9.02. The average molecular weight is 791 g/mol. The van der Waals surface area contributed by atoms with Gasteiger partial charge in [-0.05, 0) is 89.1 Å². The fraction of sp³-hybridized carbons (Fsp3) is 0. The molecule has 10 nitrogen and oxygen atoms in total. The van der Waals surface area contributed by atoms with Gasteiger partial charge in [-0.2, -0.15) is 0 Å². The Labute approximate surface area is 337 Å². The van der Waals surface area contributed by atoms with Gasteiger partial charge in [0, 0.05) is 10.9 Å². The van der Waals surface area contributed by atoms with Crippen LogP contribution in [0.5, 0.6) is 51.7 Å². The number of hydrogen-bond acceptors (Lipinski definition) is 10. The highest BCUT2D eigenvalue weighted by molar-refractivity contribution is 6.28. The van der Waals surface area contributed by atoms with Crippen LogP contribution in [0.2, 0.25) is 0 Å². The van der Waals surface area contributed by atoms with E-state index in [2.05, 4.69) is 60.7 Å². The van der Waals surface area contributed by atoms with Crippen molar-refractivity contribution in [2.24, 2.45) is 0 Å². The number of benzene rings is 10. The smallest absolute Gasteiger partial charge is 0.205 e. The van der Waals surface area contributed by atoms with E-state index in [1.54, 1.807) is 12.1 Å². The average Bonchev–Trinajstić information content (AvgIpc) is 3.67. The molecular weight excluding hydrogens is 761 g/mol. The van der Waals surface area contributed by atoms with Crippen LogP contribution in [0.3, 0.4) is 0 Å². The third-order valence-corrected chi connectivity index (χ3v) is 11.8. The second-order valence-corrected chi connectivity index (χ2v) is 15.0. The Morgan fingerprint density at radius 1 is 0.267 bits per heavy atom. The summed E-state index contributed by atoms with van der Waals surface area (Å²) >= 11 is 0. The molecule has 0 unspecified atom stereocenters. The Morgan fingerprint density at radius 2 is 0.650 bits per heavy atom. The monoisotopic (exact) mass is 790 g/mol. The quantitative estimate of drug-likeness (QED) is 0.0472. The zero-order valence-electron chi connectivity index (χ0n) is 31.1. The highest BCUT2D eigenvalue weighted by Gasteiger charge is 2.33. The lowest BCUT2D eigenvalue weighted by molar-refractivity contribution is 0.349. The van der Waals surface area contributed by atoms with Crippen molar-refractivity contribution in [3.8, 4) is 85.1 Å². The Kier molecular flexibility index (Phi) is 7.09. The summed E-state index contributed by atoms with van der Waals surface area (Å²) in [5.74, 6) is -8.95. The lowest BCUT2D eigenvalue weighted by Gasteiger charge is -2.18. The van der Waals surface area contributed by atoms with Crippen molar-refractivity contribution in [3.05, 3.63) is 127 Å². The van der Waals surface area contributed by atoms with Crippen LogP contribution in [0.4, 0.5) is 0 Å². The molecule has 10 heteroatoms. The van der Waals surface area contributed by atoms with E-state index in [-0.39, 0.29) is 16.3 Å². The number of phenols is 9. The van der Waals surface area contributed by atoms with E-state index in [9.17, 15) is 46.0 Å². The number of phenolic OH excluding ortho intramolecular Hbond substituents is 9. The molecule has 11 rings (SSSR count). The highest BCUT2D eigenvalue weighted by atomic mass is 16.4. The van der Waals surface area contributed by atoms with Crippen LogP contribution in [0, 0.1) is 0 Å². The molecular formula is C50H30O10. The predicted octanol–water partition coefficient (Wildman–Crippen LogP) is 11.7. The minimum atomic E-state index is -1.17. The highest BCUT2D eigenvalue weighted by Crippen LogP contribution is 2.61. The molecule has 9 N–H and O–H groups in total. The summed E-state index contributed by atoms with van der Waals surface area (Å²) in [5, 5.41) is 105. The van der Waals surface area contributed by atoms with Crippen LogP contribution >= 0.6 is 0 Å². The van der Waals surface area contributed by atoms with E-state index in [0.29, 0.717) is 5.56 Å². The molecule has 60 heavy (non-hydrogen) atoms. The summed E-state index contributed by atoms with van der Waals surface area (Å²) < 4.78 is 5.91. The van der Waals surface area contributed by atoms with Crippen molar-refractivity contribution in [1.82, 2.24) is 0 Å². The van der Waals surface area contributed by atoms with Crippen LogP contribution in [-0.2, 0) is 0 Å². The molecule has 0 fully saturated rings. The molecule has 0 bridgehead atoms. The van der Waals surface area contributed by atoms with Gasteiger partial charge in [0.1, 0.15) is 0 Å². The van der Waals surface area contributed by atoms with Crippen LogP contribution in [0.15, 0.2) is 132 Å². The molecule has 0 atom stereocenters. The number of hydrogen-bond donors (Lipinski definition) is 9. The second kappa shape index (κ2) is 12.3. The second-order valence-electron chi connectivity index (χ2n) is 15.0. The third-order valence-electron chi connectivity index (χ3n) is 11.8. The number of aromatic hydroxyl groups is 9. The maximum Gasteiger partial charge on any atom is 0.205 e. The molecule has 290 valence electrons. The topological polar surface area (TPSA) is 195 Å². The van der Waals surface area contributed by atoms with E-state index < -0.39 is 73.7 Å². The summed E-state index contributed by atoms with van der Waals surface area (Å²) in [4.78, 5) is 0.